The van der Waals surface area contributed by atoms with Gasteiger partial charge in [-0.2, -0.15) is 0 Å². The number of hydrogen-bond acceptors (Lipinski definition) is 2. The summed E-state index contributed by atoms with van der Waals surface area (Å²) in [5.74, 6) is 0.348. The van der Waals surface area contributed by atoms with E-state index in [9.17, 15) is 4.79 Å². The molecule has 0 aromatic heterocycles. The average molecular weight is 260 g/mol. The molecule has 19 heavy (non-hydrogen) atoms. The fourth-order valence-electron chi connectivity index (χ4n) is 2.66. The number of amides is 1. The van der Waals surface area contributed by atoms with E-state index in [1.165, 1.54) is 11.1 Å². The molecule has 1 amide bonds. The molecule has 1 aliphatic rings. The van der Waals surface area contributed by atoms with Crippen LogP contribution in [-0.2, 0) is 11.2 Å². The molecule has 104 valence electrons. The van der Waals surface area contributed by atoms with Crippen molar-refractivity contribution in [3.63, 3.8) is 0 Å². The Morgan fingerprint density at radius 3 is 2.95 bits per heavy atom. The van der Waals surface area contributed by atoms with Crippen molar-refractivity contribution in [1.29, 1.82) is 0 Å². The number of hydrogen-bond donors (Lipinski definition) is 2. The quantitative estimate of drug-likeness (QED) is 0.870. The molecule has 0 spiro atoms. The minimum atomic E-state index is 0.146. The van der Waals surface area contributed by atoms with Crippen LogP contribution < -0.4 is 10.6 Å². The zero-order valence-corrected chi connectivity index (χ0v) is 11.9. The lowest BCUT2D eigenvalue weighted by Crippen LogP contribution is -2.44. The molecule has 2 N–H and O–H groups in total. The Morgan fingerprint density at radius 2 is 2.26 bits per heavy atom. The molecule has 0 radical (unpaired) electrons. The largest absolute Gasteiger partial charge is 0.353 e. The van der Waals surface area contributed by atoms with Crippen LogP contribution in [0.4, 0.5) is 0 Å². The van der Waals surface area contributed by atoms with Crippen molar-refractivity contribution in [2.24, 2.45) is 5.92 Å². The summed E-state index contributed by atoms with van der Waals surface area (Å²) in [5, 5.41) is 6.43. The van der Waals surface area contributed by atoms with Crippen LogP contribution >= 0.6 is 0 Å². The zero-order chi connectivity index (χ0) is 13.7. The van der Waals surface area contributed by atoms with Gasteiger partial charge in [-0.05, 0) is 50.8 Å². The fraction of sp³-hybridized carbons (Fsp3) is 0.562. The number of carbonyl (C=O) groups excluding carboxylic acids is 1. The highest BCUT2D eigenvalue weighted by Gasteiger charge is 2.22. The van der Waals surface area contributed by atoms with Gasteiger partial charge in [0.1, 0.15) is 0 Å². The standard InChI is InChI=1S/C16H24N2O/c1-12-6-3-4-7-14(12)10-13(2)18-16(19)15-8-5-9-17-11-15/h3-4,6-7,13,15,17H,5,8-11H2,1-2H3,(H,18,19)/t13?,15-/m1/s1. The first kappa shape index (κ1) is 14.1. The first-order chi connectivity index (χ1) is 9.16. The molecule has 1 saturated heterocycles. The van der Waals surface area contributed by atoms with Gasteiger partial charge in [0.25, 0.3) is 0 Å². The summed E-state index contributed by atoms with van der Waals surface area (Å²) < 4.78 is 0. The zero-order valence-electron chi connectivity index (χ0n) is 11.9. The van der Waals surface area contributed by atoms with E-state index in [0.717, 1.165) is 32.4 Å². The van der Waals surface area contributed by atoms with Crippen molar-refractivity contribution >= 4 is 5.91 Å². The molecule has 0 saturated carbocycles. The Balaban J connectivity index is 1.85. The van der Waals surface area contributed by atoms with Gasteiger partial charge in [-0.15, -0.1) is 0 Å². The third-order valence-electron chi connectivity index (χ3n) is 3.84. The highest BCUT2D eigenvalue weighted by Crippen LogP contribution is 2.12. The molecular weight excluding hydrogens is 236 g/mol. The number of piperidine rings is 1. The molecule has 1 unspecified atom stereocenters. The van der Waals surface area contributed by atoms with Crippen LogP contribution in [0.2, 0.25) is 0 Å². The van der Waals surface area contributed by atoms with E-state index < -0.39 is 0 Å². The summed E-state index contributed by atoms with van der Waals surface area (Å²) in [4.78, 5) is 12.1. The summed E-state index contributed by atoms with van der Waals surface area (Å²) >= 11 is 0. The van der Waals surface area contributed by atoms with Crippen molar-refractivity contribution in [2.45, 2.75) is 39.2 Å². The monoisotopic (exact) mass is 260 g/mol. The van der Waals surface area contributed by atoms with Gasteiger partial charge >= 0.3 is 0 Å². The first-order valence-corrected chi connectivity index (χ1v) is 7.22. The van der Waals surface area contributed by atoms with Gasteiger partial charge in [0.05, 0.1) is 5.92 Å². The predicted octanol–water partition coefficient (Wildman–Crippen LogP) is 2.04. The second-order valence-corrected chi connectivity index (χ2v) is 5.58. The minimum Gasteiger partial charge on any atom is -0.353 e. The summed E-state index contributed by atoms with van der Waals surface area (Å²) in [5.41, 5.74) is 2.61. The second-order valence-electron chi connectivity index (χ2n) is 5.58. The third kappa shape index (κ3) is 4.06. The Hall–Kier alpha value is -1.35. The Kier molecular flexibility index (Phi) is 4.97. The first-order valence-electron chi connectivity index (χ1n) is 7.22. The van der Waals surface area contributed by atoms with E-state index >= 15 is 0 Å². The van der Waals surface area contributed by atoms with Gasteiger partial charge in [-0.1, -0.05) is 24.3 Å². The van der Waals surface area contributed by atoms with Crippen LogP contribution in [0.15, 0.2) is 24.3 Å². The number of nitrogens with one attached hydrogen (secondary N) is 2. The van der Waals surface area contributed by atoms with Crippen molar-refractivity contribution in [2.75, 3.05) is 13.1 Å². The fourth-order valence-corrected chi connectivity index (χ4v) is 2.66. The molecular formula is C16H24N2O. The number of rotatable bonds is 4. The Labute approximate surface area is 115 Å². The van der Waals surface area contributed by atoms with E-state index in [1.54, 1.807) is 0 Å². The van der Waals surface area contributed by atoms with Crippen molar-refractivity contribution < 1.29 is 4.79 Å². The topological polar surface area (TPSA) is 41.1 Å². The maximum absolute atomic E-state index is 12.1. The third-order valence-corrected chi connectivity index (χ3v) is 3.84. The summed E-state index contributed by atoms with van der Waals surface area (Å²) in [6.07, 6.45) is 3.01. The van der Waals surface area contributed by atoms with E-state index in [2.05, 4.69) is 48.7 Å². The summed E-state index contributed by atoms with van der Waals surface area (Å²) in [6, 6.07) is 8.56. The number of carbonyl (C=O) groups is 1. The minimum absolute atomic E-state index is 0.146. The van der Waals surface area contributed by atoms with Crippen LogP contribution in [0.3, 0.4) is 0 Å². The Bertz CT molecular complexity index is 425. The molecule has 3 nitrogen and oxygen atoms in total. The van der Waals surface area contributed by atoms with Gasteiger partial charge in [0.15, 0.2) is 0 Å². The maximum Gasteiger partial charge on any atom is 0.224 e. The van der Waals surface area contributed by atoms with E-state index in [4.69, 9.17) is 0 Å². The molecule has 1 heterocycles. The Morgan fingerprint density at radius 1 is 1.47 bits per heavy atom. The highest BCUT2D eigenvalue weighted by atomic mass is 16.1. The normalized spacial score (nSPS) is 20.8. The number of aryl methyl sites for hydroxylation is 1. The smallest absolute Gasteiger partial charge is 0.224 e. The summed E-state index contributed by atoms with van der Waals surface area (Å²) in [7, 11) is 0. The van der Waals surface area contributed by atoms with Crippen LogP contribution in [0.1, 0.15) is 30.9 Å². The van der Waals surface area contributed by atoms with Gasteiger partial charge in [0.2, 0.25) is 5.91 Å². The van der Waals surface area contributed by atoms with Crippen LogP contribution in [-0.4, -0.2) is 25.0 Å². The second kappa shape index (κ2) is 6.71. The average Bonchev–Trinajstić information content (AvgIpc) is 2.42. The molecule has 0 bridgehead atoms. The van der Waals surface area contributed by atoms with Gasteiger partial charge in [0, 0.05) is 12.6 Å². The molecule has 1 aliphatic heterocycles. The van der Waals surface area contributed by atoms with E-state index in [0.29, 0.717) is 0 Å². The van der Waals surface area contributed by atoms with Crippen molar-refractivity contribution in [1.82, 2.24) is 10.6 Å². The summed E-state index contributed by atoms with van der Waals surface area (Å²) in [6.45, 7) is 6.07. The van der Waals surface area contributed by atoms with Crippen molar-refractivity contribution in [3.05, 3.63) is 35.4 Å². The van der Waals surface area contributed by atoms with Crippen LogP contribution in [0, 0.1) is 12.8 Å². The highest BCUT2D eigenvalue weighted by molar-refractivity contribution is 5.79. The molecule has 1 aromatic carbocycles. The van der Waals surface area contributed by atoms with Gasteiger partial charge in [-0.3, -0.25) is 4.79 Å². The lowest BCUT2D eigenvalue weighted by atomic mass is 9.97. The SMILES string of the molecule is Cc1ccccc1CC(C)NC(=O)[C@@H]1CCCNC1. The number of benzene rings is 1. The van der Waals surface area contributed by atoms with Gasteiger partial charge < -0.3 is 10.6 Å². The van der Waals surface area contributed by atoms with Crippen LogP contribution in [0.25, 0.3) is 0 Å². The van der Waals surface area contributed by atoms with Crippen molar-refractivity contribution in [3.8, 4) is 0 Å². The molecule has 0 aliphatic carbocycles. The molecule has 2 atom stereocenters. The lowest BCUT2D eigenvalue weighted by Gasteiger charge is -2.24. The maximum atomic E-state index is 12.1. The van der Waals surface area contributed by atoms with E-state index in [1.807, 2.05) is 0 Å². The lowest BCUT2D eigenvalue weighted by molar-refractivity contribution is -0.126. The molecule has 3 heteroatoms. The molecule has 2 rings (SSSR count). The predicted molar refractivity (Wildman–Crippen MR) is 78.1 cm³/mol. The van der Waals surface area contributed by atoms with Crippen LogP contribution in [0.5, 0.6) is 0 Å². The van der Waals surface area contributed by atoms with Gasteiger partial charge in [-0.25, -0.2) is 0 Å². The molecule has 1 fully saturated rings. The molecule has 1 aromatic rings. The van der Waals surface area contributed by atoms with E-state index in [-0.39, 0.29) is 17.9 Å².